The summed E-state index contributed by atoms with van der Waals surface area (Å²) in [4.78, 5) is 48.9. The van der Waals surface area contributed by atoms with E-state index in [1.54, 1.807) is 6.92 Å². The van der Waals surface area contributed by atoms with Gasteiger partial charge < -0.3 is 10.1 Å². The smallest absolute Gasteiger partial charge is 0.338 e. The zero-order valence-corrected chi connectivity index (χ0v) is 14.3. The molecule has 0 saturated carbocycles. The Morgan fingerprint density at radius 1 is 1.07 bits per heavy atom. The molecule has 0 unspecified atom stereocenters. The van der Waals surface area contributed by atoms with Crippen LogP contribution in [0, 0.1) is 5.82 Å². The lowest BCUT2D eigenvalue weighted by Gasteiger charge is -2.13. The highest BCUT2D eigenvalue weighted by molar-refractivity contribution is 6.22. The number of amides is 3. The predicted molar refractivity (Wildman–Crippen MR) is 92.8 cm³/mol. The van der Waals surface area contributed by atoms with Gasteiger partial charge in [-0.05, 0) is 43.3 Å². The highest BCUT2D eigenvalue weighted by atomic mass is 19.1. The Bertz CT molecular complexity index is 940. The number of nitrogens with zero attached hydrogens (tertiary/aromatic N) is 1. The fourth-order valence-electron chi connectivity index (χ4n) is 2.68. The lowest BCUT2D eigenvalue weighted by atomic mass is 10.1. The third-order valence-electron chi connectivity index (χ3n) is 3.93. The van der Waals surface area contributed by atoms with Crippen LogP contribution in [0.1, 0.15) is 38.0 Å². The first-order valence-electron chi connectivity index (χ1n) is 8.14. The van der Waals surface area contributed by atoms with E-state index in [2.05, 4.69) is 5.32 Å². The summed E-state index contributed by atoms with van der Waals surface area (Å²) < 4.78 is 18.7. The minimum absolute atomic E-state index is 0.0633. The summed E-state index contributed by atoms with van der Waals surface area (Å²) in [6.07, 6.45) is 0. The second-order valence-electron chi connectivity index (χ2n) is 5.70. The van der Waals surface area contributed by atoms with Crippen LogP contribution in [0.25, 0.3) is 0 Å². The van der Waals surface area contributed by atoms with Gasteiger partial charge in [0.2, 0.25) is 5.91 Å². The highest BCUT2D eigenvalue weighted by Gasteiger charge is 2.38. The molecule has 0 fully saturated rings. The monoisotopic (exact) mass is 370 g/mol. The Hall–Kier alpha value is -3.55. The molecule has 0 bridgehead atoms. The van der Waals surface area contributed by atoms with Gasteiger partial charge in [0, 0.05) is 5.69 Å². The molecule has 3 rings (SSSR count). The van der Waals surface area contributed by atoms with Crippen molar-refractivity contribution in [2.45, 2.75) is 6.92 Å². The van der Waals surface area contributed by atoms with Crippen LogP contribution in [-0.4, -0.2) is 41.7 Å². The van der Waals surface area contributed by atoms with E-state index < -0.39 is 36.1 Å². The third-order valence-corrected chi connectivity index (χ3v) is 3.93. The maximum atomic E-state index is 13.8. The summed E-state index contributed by atoms with van der Waals surface area (Å²) in [5.74, 6) is -3.48. The highest BCUT2D eigenvalue weighted by Crippen LogP contribution is 2.25. The minimum atomic E-state index is -0.846. The van der Waals surface area contributed by atoms with Crippen molar-refractivity contribution in [3.8, 4) is 0 Å². The number of hydrogen-bond donors (Lipinski definition) is 1. The molecule has 1 aliphatic heterocycles. The molecule has 27 heavy (non-hydrogen) atoms. The Labute approximate surface area is 153 Å². The minimum Gasteiger partial charge on any atom is -0.462 e. The van der Waals surface area contributed by atoms with Crippen LogP contribution in [0.15, 0.2) is 42.5 Å². The van der Waals surface area contributed by atoms with Gasteiger partial charge in [-0.1, -0.05) is 6.07 Å². The van der Waals surface area contributed by atoms with Gasteiger partial charge in [0.1, 0.15) is 12.4 Å². The van der Waals surface area contributed by atoms with E-state index in [-0.39, 0.29) is 17.7 Å². The normalized spacial score (nSPS) is 12.7. The van der Waals surface area contributed by atoms with Gasteiger partial charge in [-0.2, -0.15) is 0 Å². The number of fused-ring (bicyclic) bond motifs is 1. The molecule has 0 aliphatic carbocycles. The number of hydrogen-bond acceptors (Lipinski definition) is 5. The molecule has 2 aromatic rings. The van der Waals surface area contributed by atoms with Crippen molar-refractivity contribution in [2.24, 2.45) is 0 Å². The lowest BCUT2D eigenvalue weighted by Crippen LogP contribution is -2.37. The number of anilines is 1. The zero-order chi connectivity index (χ0) is 19.6. The maximum Gasteiger partial charge on any atom is 0.338 e. The molecular weight excluding hydrogens is 355 g/mol. The van der Waals surface area contributed by atoms with Crippen LogP contribution in [0.4, 0.5) is 10.1 Å². The van der Waals surface area contributed by atoms with Crippen molar-refractivity contribution in [2.75, 3.05) is 18.5 Å². The van der Waals surface area contributed by atoms with Gasteiger partial charge in [0.15, 0.2) is 0 Å². The van der Waals surface area contributed by atoms with Gasteiger partial charge in [0.25, 0.3) is 11.8 Å². The van der Waals surface area contributed by atoms with Crippen molar-refractivity contribution in [3.05, 3.63) is 65.0 Å². The number of benzene rings is 2. The van der Waals surface area contributed by atoms with Crippen molar-refractivity contribution in [1.29, 1.82) is 0 Å². The first-order valence-corrected chi connectivity index (χ1v) is 8.14. The van der Waals surface area contributed by atoms with Gasteiger partial charge in [-0.25, -0.2) is 9.18 Å². The number of nitrogens with one attached hydrogen (secondary N) is 1. The van der Waals surface area contributed by atoms with Gasteiger partial charge in [-0.3, -0.25) is 19.3 Å². The molecule has 1 N–H and O–H groups in total. The topological polar surface area (TPSA) is 92.8 Å². The second-order valence-corrected chi connectivity index (χ2v) is 5.70. The molecule has 1 aliphatic rings. The molecule has 0 saturated heterocycles. The first-order chi connectivity index (χ1) is 12.9. The summed E-state index contributed by atoms with van der Waals surface area (Å²) in [6, 6.07) is 9.69. The summed E-state index contributed by atoms with van der Waals surface area (Å²) in [5, 5.41) is 2.52. The van der Waals surface area contributed by atoms with Crippen LogP contribution in [0.5, 0.6) is 0 Å². The number of esters is 1. The quantitative estimate of drug-likeness (QED) is 0.644. The Morgan fingerprint density at radius 2 is 1.78 bits per heavy atom. The molecule has 7 nitrogen and oxygen atoms in total. The van der Waals surface area contributed by atoms with E-state index in [0.29, 0.717) is 16.2 Å². The van der Waals surface area contributed by atoms with E-state index in [0.717, 1.165) is 6.07 Å². The van der Waals surface area contributed by atoms with Gasteiger partial charge in [0.05, 0.1) is 23.3 Å². The molecular formula is C19H15FN2O5. The van der Waals surface area contributed by atoms with Crippen LogP contribution in [-0.2, 0) is 9.53 Å². The summed E-state index contributed by atoms with van der Waals surface area (Å²) in [6.45, 7) is 1.39. The van der Waals surface area contributed by atoms with Crippen LogP contribution >= 0.6 is 0 Å². The fraction of sp³-hybridized carbons (Fsp3) is 0.158. The first kappa shape index (κ1) is 18.2. The molecule has 3 amide bonds. The largest absolute Gasteiger partial charge is 0.462 e. The average molecular weight is 370 g/mol. The van der Waals surface area contributed by atoms with Crippen molar-refractivity contribution in [3.63, 3.8) is 0 Å². The van der Waals surface area contributed by atoms with E-state index >= 15 is 0 Å². The van der Waals surface area contributed by atoms with E-state index in [1.807, 2.05) is 0 Å². The molecule has 1 heterocycles. The summed E-state index contributed by atoms with van der Waals surface area (Å²) >= 11 is 0. The molecule has 8 heteroatoms. The fourth-order valence-corrected chi connectivity index (χ4v) is 2.68. The average Bonchev–Trinajstić information content (AvgIpc) is 2.88. The van der Waals surface area contributed by atoms with E-state index in [1.165, 1.54) is 36.4 Å². The maximum absolute atomic E-state index is 13.8. The number of imide groups is 1. The molecule has 2 aromatic carbocycles. The van der Waals surface area contributed by atoms with Crippen LogP contribution < -0.4 is 5.32 Å². The number of ether oxygens (including phenoxy) is 1. The molecule has 0 aromatic heterocycles. The van der Waals surface area contributed by atoms with E-state index in [9.17, 15) is 23.6 Å². The Morgan fingerprint density at radius 3 is 2.41 bits per heavy atom. The Balaban J connectivity index is 1.67. The Kier molecular flexibility index (Phi) is 4.98. The van der Waals surface area contributed by atoms with Crippen molar-refractivity contribution in [1.82, 2.24) is 4.90 Å². The standard InChI is InChI=1S/C19H15FN2O5/c1-2-27-19(26)11-6-8-12(9-7-11)21-15(23)10-22-17(24)13-4-3-5-14(20)16(13)18(22)25/h3-9H,2,10H2,1H3,(H,21,23). The van der Waals surface area contributed by atoms with Gasteiger partial charge in [-0.15, -0.1) is 0 Å². The number of carbonyl (C=O) groups excluding carboxylic acids is 4. The molecule has 0 spiro atoms. The van der Waals surface area contributed by atoms with Crippen LogP contribution in [0.2, 0.25) is 0 Å². The van der Waals surface area contributed by atoms with Crippen molar-refractivity contribution >= 4 is 29.4 Å². The molecule has 138 valence electrons. The summed E-state index contributed by atoms with van der Waals surface area (Å²) in [5.41, 5.74) is 0.308. The van der Waals surface area contributed by atoms with E-state index in [4.69, 9.17) is 4.74 Å². The lowest BCUT2D eigenvalue weighted by molar-refractivity contribution is -0.116. The van der Waals surface area contributed by atoms with Crippen molar-refractivity contribution < 1.29 is 28.3 Å². The second kappa shape index (κ2) is 7.36. The third kappa shape index (κ3) is 3.55. The summed E-state index contributed by atoms with van der Waals surface area (Å²) in [7, 11) is 0. The SMILES string of the molecule is CCOC(=O)c1ccc(NC(=O)CN2C(=O)c3cccc(F)c3C2=O)cc1. The molecule has 0 radical (unpaired) electrons. The number of halogens is 1. The molecule has 0 atom stereocenters. The number of carbonyl (C=O) groups is 4. The van der Waals surface area contributed by atoms with Gasteiger partial charge >= 0.3 is 5.97 Å². The van der Waals surface area contributed by atoms with Crippen LogP contribution in [0.3, 0.4) is 0 Å². The zero-order valence-electron chi connectivity index (χ0n) is 14.3. The predicted octanol–water partition coefficient (Wildman–Crippen LogP) is 2.24. The number of rotatable bonds is 5.